The van der Waals surface area contributed by atoms with E-state index in [0.717, 1.165) is 44.7 Å². The van der Waals surface area contributed by atoms with Crippen LogP contribution in [0.5, 0.6) is 0 Å². The second-order valence-corrected chi connectivity index (χ2v) is 13.6. The van der Waals surface area contributed by atoms with Gasteiger partial charge in [0.15, 0.2) is 0 Å². The number of nitrogens with zero attached hydrogens (tertiary/aromatic N) is 1. The molecule has 0 saturated heterocycles. The summed E-state index contributed by atoms with van der Waals surface area (Å²) in [6, 6.07) is 68.0. The van der Waals surface area contributed by atoms with Gasteiger partial charge >= 0.3 is 0 Å². The van der Waals surface area contributed by atoms with Gasteiger partial charge in [0.1, 0.15) is 11.2 Å². The van der Waals surface area contributed by atoms with Gasteiger partial charge in [-0.3, -0.25) is 0 Å². The molecule has 2 heteroatoms. The molecule has 2 aliphatic rings. The fourth-order valence-corrected chi connectivity index (χ4v) is 9.09. The van der Waals surface area contributed by atoms with Crippen LogP contribution in [-0.2, 0) is 5.41 Å². The number of para-hydroxylation sites is 3. The molecule has 1 spiro atoms. The van der Waals surface area contributed by atoms with Crippen molar-refractivity contribution < 1.29 is 4.42 Å². The van der Waals surface area contributed by atoms with Crippen molar-refractivity contribution in [2.45, 2.75) is 5.41 Å². The third kappa shape index (κ3) is 3.82. The van der Waals surface area contributed by atoms with Crippen molar-refractivity contribution in [1.29, 1.82) is 0 Å². The molecular weight excluding hydrogens is 619 g/mol. The summed E-state index contributed by atoms with van der Waals surface area (Å²) >= 11 is 0. The topological polar surface area (TPSA) is 16.4 Å². The molecule has 0 N–H and O–H groups in total. The predicted molar refractivity (Wildman–Crippen MR) is 210 cm³/mol. The number of benzene rings is 8. The fraction of sp³-hybridized carbons (Fsp3) is 0.0204. The maximum absolute atomic E-state index is 6.87. The highest BCUT2D eigenvalue weighted by Gasteiger charge is 2.52. The summed E-state index contributed by atoms with van der Waals surface area (Å²) in [5, 5.41) is 2.33. The van der Waals surface area contributed by atoms with Gasteiger partial charge in [-0.25, -0.2) is 0 Å². The first-order valence-electron chi connectivity index (χ1n) is 17.6. The number of furan rings is 1. The molecule has 0 unspecified atom stereocenters. The van der Waals surface area contributed by atoms with Crippen LogP contribution >= 0.6 is 0 Å². The molecule has 11 rings (SSSR count). The first-order valence-corrected chi connectivity index (χ1v) is 17.6. The van der Waals surface area contributed by atoms with E-state index in [1.807, 2.05) is 0 Å². The molecule has 2 aliphatic carbocycles. The summed E-state index contributed by atoms with van der Waals surface area (Å²) in [5.74, 6) is 0. The van der Waals surface area contributed by atoms with Gasteiger partial charge in [-0.05, 0) is 92.5 Å². The van der Waals surface area contributed by atoms with Crippen LogP contribution in [0.3, 0.4) is 0 Å². The number of hydrogen-bond acceptors (Lipinski definition) is 2. The van der Waals surface area contributed by atoms with E-state index in [2.05, 4.69) is 193 Å². The molecule has 0 fully saturated rings. The smallest absolute Gasteiger partial charge is 0.143 e. The predicted octanol–water partition coefficient (Wildman–Crippen LogP) is 13.1. The van der Waals surface area contributed by atoms with Crippen LogP contribution in [0.4, 0.5) is 17.1 Å². The van der Waals surface area contributed by atoms with E-state index in [1.54, 1.807) is 0 Å². The van der Waals surface area contributed by atoms with Gasteiger partial charge in [0.25, 0.3) is 0 Å². The van der Waals surface area contributed by atoms with Crippen LogP contribution in [0, 0.1) is 0 Å². The van der Waals surface area contributed by atoms with E-state index >= 15 is 0 Å². The third-order valence-corrected chi connectivity index (χ3v) is 11.1. The zero-order chi connectivity index (χ0) is 33.5. The lowest BCUT2D eigenvalue weighted by Gasteiger charge is -2.30. The van der Waals surface area contributed by atoms with E-state index in [1.165, 1.54) is 49.9 Å². The largest absolute Gasteiger partial charge is 0.455 e. The second-order valence-electron chi connectivity index (χ2n) is 13.6. The minimum Gasteiger partial charge on any atom is -0.455 e. The number of anilines is 3. The molecule has 0 aliphatic heterocycles. The zero-order valence-corrected chi connectivity index (χ0v) is 27.8. The van der Waals surface area contributed by atoms with Crippen LogP contribution in [-0.4, -0.2) is 0 Å². The number of rotatable bonds is 4. The number of fused-ring (bicyclic) bond motifs is 14. The average molecular weight is 650 g/mol. The Balaban J connectivity index is 1.11. The molecule has 1 heterocycles. The van der Waals surface area contributed by atoms with E-state index in [9.17, 15) is 0 Å². The first-order chi connectivity index (χ1) is 25.3. The molecule has 2 nitrogen and oxygen atoms in total. The highest BCUT2D eigenvalue weighted by atomic mass is 16.3. The van der Waals surface area contributed by atoms with E-state index in [-0.39, 0.29) is 5.41 Å². The standard InChI is InChI=1S/C49H31NO/c1-3-14-33(15-4-1)50(34-16-5-2-6-17-34)35-28-26-32(27-29-35)36-21-13-22-40-47-45(51-48(36)40)31-30-44-46(47)39-20-9-12-25-43(39)49(44)41-23-10-7-18-37(41)38-19-8-11-24-42(38)49/h1-31H. The molecule has 238 valence electrons. The van der Waals surface area contributed by atoms with Crippen molar-refractivity contribution in [2.75, 3.05) is 4.90 Å². The summed E-state index contributed by atoms with van der Waals surface area (Å²) in [7, 11) is 0. The summed E-state index contributed by atoms with van der Waals surface area (Å²) in [5.41, 5.74) is 17.6. The molecule has 1 aromatic heterocycles. The minimum absolute atomic E-state index is 0.381. The SMILES string of the molecule is c1ccc(N(c2ccccc2)c2ccc(-c3cccc4c3oc3ccc5c(c34)-c3ccccc3C53c4ccccc4-c4ccccc43)cc2)cc1. The van der Waals surface area contributed by atoms with Gasteiger partial charge < -0.3 is 9.32 Å². The molecule has 9 aromatic rings. The highest BCUT2D eigenvalue weighted by molar-refractivity contribution is 6.18. The van der Waals surface area contributed by atoms with Crippen molar-refractivity contribution in [3.8, 4) is 33.4 Å². The highest BCUT2D eigenvalue weighted by Crippen LogP contribution is 2.64. The summed E-state index contributed by atoms with van der Waals surface area (Å²) in [6.07, 6.45) is 0. The van der Waals surface area contributed by atoms with Crippen molar-refractivity contribution in [3.63, 3.8) is 0 Å². The Labute approximate surface area is 296 Å². The Kier molecular flexibility index (Phi) is 5.91. The molecule has 0 saturated carbocycles. The van der Waals surface area contributed by atoms with Crippen LogP contribution in [0.15, 0.2) is 192 Å². The van der Waals surface area contributed by atoms with Crippen LogP contribution in [0.1, 0.15) is 22.3 Å². The Bertz CT molecular complexity index is 2710. The Morgan fingerprint density at radius 3 is 1.51 bits per heavy atom. The molecular formula is C49H31NO. The summed E-state index contributed by atoms with van der Waals surface area (Å²) < 4.78 is 6.87. The van der Waals surface area contributed by atoms with E-state index in [4.69, 9.17) is 4.42 Å². The Hall–Kier alpha value is -6.64. The lowest BCUT2D eigenvalue weighted by Crippen LogP contribution is -2.25. The number of hydrogen-bond donors (Lipinski definition) is 0. The monoisotopic (exact) mass is 649 g/mol. The second kappa shape index (κ2) is 10.7. The summed E-state index contributed by atoms with van der Waals surface area (Å²) in [6.45, 7) is 0. The Morgan fingerprint density at radius 1 is 0.373 bits per heavy atom. The molecule has 0 radical (unpaired) electrons. The molecule has 0 amide bonds. The van der Waals surface area contributed by atoms with Gasteiger partial charge in [-0.2, -0.15) is 0 Å². The first kappa shape index (κ1) is 28.2. The van der Waals surface area contributed by atoms with Gasteiger partial charge in [0.2, 0.25) is 0 Å². The molecule has 0 bridgehead atoms. The minimum atomic E-state index is -0.381. The maximum atomic E-state index is 6.87. The summed E-state index contributed by atoms with van der Waals surface area (Å²) in [4.78, 5) is 2.29. The maximum Gasteiger partial charge on any atom is 0.143 e. The molecule has 51 heavy (non-hydrogen) atoms. The van der Waals surface area contributed by atoms with E-state index in [0.29, 0.717) is 0 Å². The van der Waals surface area contributed by atoms with Crippen LogP contribution < -0.4 is 4.90 Å². The van der Waals surface area contributed by atoms with Crippen molar-refractivity contribution in [3.05, 3.63) is 210 Å². The van der Waals surface area contributed by atoms with Crippen molar-refractivity contribution >= 4 is 39.0 Å². The lowest BCUT2D eigenvalue weighted by atomic mass is 9.70. The Morgan fingerprint density at radius 2 is 0.882 bits per heavy atom. The van der Waals surface area contributed by atoms with Gasteiger partial charge in [-0.15, -0.1) is 0 Å². The van der Waals surface area contributed by atoms with Crippen molar-refractivity contribution in [2.24, 2.45) is 0 Å². The van der Waals surface area contributed by atoms with Crippen LogP contribution in [0.2, 0.25) is 0 Å². The molecule has 0 atom stereocenters. The fourth-order valence-electron chi connectivity index (χ4n) is 9.09. The van der Waals surface area contributed by atoms with Crippen LogP contribution in [0.25, 0.3) is 55.3 Å². The van der Waals surface area contributed by atoms with E-state index < -0.39 is 0 Å². The van der Waals surface area contributed by atoms with Gasteiger partial charge in [-0.1, -0.05) is 146 Å². The lowest BCUT2D eigenvalue weighted by molar-refractivity contribution is 0.669. The zero-order valence-electron chi connectivity index (χ0n) is 27.8. The van der Waals surface area contributed by atoms with Gasteiger partial charge in [0, 0.05) is 33.4 Å². The van der Waals surface area contributed by atoms with Crippen molar-refractivity contribution in [1.82, 2.24) is 0 Å². The third-order valence-electron chi connectivity index (χ3n) is 11.1. The normalized spacial score (nSPS) is 13.3. The average Bonchev–Trinajstić information content (AvgIpc) is 3.83. The molecule has 8 aromatic carbocycles. The van der Waals surface area contributed by atoms with Gasteiger partial charge in [0.05, 0.1) is 5.41 Å². The quantitative estimate of drug-likeness (QED) is 0.189.